The molecule has 24 heavy (non-hydrogen) atoms. The van der Waals surface area contributed by atoms with Crippen molar-refractivity contribution in [2.75, 3.05) is 26.9 Å². The van der Waals surface area contributed by atoms with Crippen molar-refractivity contribution < 1.29 is 19.4 Å². The molecule has 1 aromatic carbocycles. The Bertz CT molecular complexity index is 687. The van der Waals surface area contributed by atoms with Crippen molar-refractivity contribution >= 4 is 5.97 Å². The third-order valence-corrected chi connectivity index (χ3v) is 4.17. The van der Waals surface area contributed by atoms with Crippen molar-refractivity contribution in [2.24, 2.45) is 0 Å². The van der Waals surface area contributed by atoms with E-state index in [1.165, 1.54) is 0 Å². The predicted molar refractivity (Wildman–Crippen MR) is 87.4 cm³/mol. The van der Waals surface area contributed by atoms with Gasteiger partial charge in [0.2, 0.25) is 0 Å². The zero-order valence-corrected chi connectivity index (χ0v) is 13.6. The highest BCUT2D eigenvalue weighted by Crippen LogP contribution is 2.24. The highest BCUT2D eigenvalue weighted by Gasteiger charge is 2.26. The van der Waals surface area contributed by atoms with Gasteiger partial charge in [-0.3, -0.25) is 9.69 Å². The maximum Gasteiger partial charge on any atom is 0.305 e. The van der Waals surface area contributed by atoms with Gasteiger partial charge in [-0.1, -0.05) is 0 Å². The molecule has 7 heteroatoms. The molecule has 0 saturated carbocycles. The molecule has 0 amide bonds. The first-order valence-electron chi connectivity index (χ1n) is 7.88. The molecule has 2 aromatic rings. The molecular weight excluding hydrogens is 310 g/mol. The van der Waals surface area contributed by atoms with E-state index in [2.05, 4.69) is 10.00 Å². The molecule has 0 unspecified atom stereocenters. The number of benzene rings is 1. The zero-order chi connectivity index (χ0) is 16.9. The monoisotopic (exact) mass is 331 g/mol. The Morgan fingerprint density at radius 1 is 1.50 bits per heavy atom. The summed E-state index contributed by atoms with van der Waals surface area (Å²) in [7, 11) is 1.63. The smallest absolute Gasteiger partial charge is 0.305 e. The van der Waals surface area contributed by atoms with Crippen molar-refractivity contribution in [1.29, 1.82) is 0 Å². The van der Waals surface area contributed by atoms with Gasteiger partial charge in [-0.25, -0.2) is 4.68 Å². The summed E-state index contributed by atoms with van der Waals surface area (Å²) in [5, 5.41) is 13.4. The lowest BCUT2D eigenvalue weighted by atomic mass is 10.1. The van der Waals surface area contributed by atoms with Gasteiger partial charge in [-0.2, -0.15) is 5.10 Å². The van der Waals surface area contributed by atoms with Crippen LogP contribution in [0.2, 0.25) is 0 Å². The Balaban J connectivity index is 1.88. The van der Waals surface area contributed by atoms with Crippen LogP contribution in [0.25, 0.3) is 5.69 Å². The third kappa shape index (κ3) is 3.74. The highest BCUT2D eigenvalue weighted by atomic mass is 16.5. The topological polar surface area (TPSA) is 76.8 Å². The van der Waals surface area contributed by atoms with Gasteiger partial charge < -0.3 is 14.6 Å². The number of hydrogen-bond donors (Lipinski definition) is 1. The molecule has 1 atom stereocenters. The summed E-state index contributed by atoms with van der Waals surface area (Å²) in [6.07, 6.45) is 3.69. The largest absolute Gasteiger partial charge is 0.497 e. The Morgan fingerprint density at radius 2 is 2.38 bits per heavy atom. The molecule has 1 saturated heterocycles. The average molecular weight is 331 g/mol. The van der Waals surface area contributed by atoms with Crippen molar-refractivity contribution in [2.45, 2.75) is 19.0 Å². The number of carboxylic acids is 1. The number of ether oxygens (including phenoxy) is 2. The number of carboxylic acid groups (broad SMARTS) is 1. The Kier molecular flexibility index (Phi) is 5.12. The number of carbonyl (C=O) groups is 1. The second-order valence-electron chi connectivity index (χ2n) is 5.74. The minimum Gasteiger partial charge on any atom is -0.497 e. The fourth-order valence-electron chi connectivity index (χ4n) is 2.96. The summed E-state index contributed by atoms with van der Waals surface area (Å²) in [4.78, 5) is 13.3. The number of hydrogen-bond acceptors (Lipinski definition) is 5. The first-order valence-corrected chi connectivity index (χ1v) is 7.88. The second-order valence-corrected chi connectivity index (χ2v) is 5.74. The van der Waals surface area contributed by atoms with E-state index >= 15 is 0 Å². The van der Waals surface area contributed by atoms with Gasteiger partial charge in [0, 0.05) is 31.5 Å². The van der Waals surface area contributed by atoms with E-state index in [1.807, 2.05) is 30.5 Å². The maximum atomic E-state index is 11.1. The van der Waals surface area contributed by atoms with E-state index < -0.39 is 5.97 Å². The van der Waals surface area contributed by atoms with Crippen LogP contribution in [0.3, 0.4) is 0 Å². The fraction of sp³-hybridized carbons (Fsp3) is 0.412. The molecular formula is C17H21N3O4. The van der Waals surface area contributed by atoms with Crippen LogP contribution in [0, 0.1) is 0 Å². The second kappa shape index (κ2) is 7.46. The lowest BCUT2D eigenvalue weighted by Crippen LogP contribution is -2.46. The number of nitrogens with zero attached hydrogens (tertiary/aromatic N) is 3. The minimum atomic E-state index is -0.812. The van der Waals surface area contributed by atoms with Gasteiger partial charge in [0.25, 0.3) is 0 Å². The van der Waals surface area contributed by atoms with Gasteiger partial charge in [-0.15, -0.1) is 0 Å². The predicted octanol–water partition coefficient (Wildman–Crippen LogP) is 1.56. The molecule has 128 valence electrons. The van der Waals surface area contributed by atoms with E-state index in [-0.39, 0.29) is 12.5 Å². The van der Waals surface area contributed by atoms with Crippen LogP contribution in [-0.4, -0.2) is 58.7 Å². The van der Waals surface area contributed by atoms with E-state index in [4.69, 9.17) is 14.6 Å². The molecule has 1 N–H and O–H groups in total. The lowest BCUT2D eigenvalue weighted by molar-refractivity contribution is -0.140. The van der Waals surface area contributed by atoms with Gasteiger partial charge >= 0.3 is 5.97 Å². The van der Waals surface area contributed by atoms with E-state index in [9.17, 15) is 4.79 Å². The average Bonchev–Trinajstić information content (AvgIpc) is 3.10. The normalized spacial score (nSPS) is 18.5. The number of aliphatic carboxylic acids is 1. The van der Waals surface area contributed by atoms with Crippen LogP contribution in [-0.2, 0) is 16.1 Å². The number of methoxy groups -OCH3 is 1. The first kappa shape index (κ1) is 16.5. The first-order chi connectivity index (χ1) is 11.7. The van der Waals surface area contributed by atoms with Gasteiger partial charge in [0.1, 0.15) is 5.75 Å². The molecule has 7 nitrogen and oxygen atoms in total. The minimum absolute atomic E-state index is 0.0705. The van der Waals surface area contributed by atoms with Crippen LogP contribution >= 0.6 is 0 Å². The van der Waals surface area contributed by atoms with Crippen molar-refractivity contribution in [3.05, 3.63) is 42.2 Å². The summed E-state index contributed by atoms with van der Waals surface area (Å²) in [6, 6.07) is 7.58. The molecule has 1 aliphatic rings. The summed E-state index contributed by atoms with van der Waals surface area (Å²) in [5.41, 5.74) is 2.00. The number of aromatic nitrogens is 2. The van der Waals surface area contributed by atoms with Crippen molar-refractivity contribution in [3.8, 4) is 11.4 Å². The molecule has 1 aliphatic heterocycles. The zero-order valence-electron chi connectivity index (χ0n) is 13.6. The Hall–Kier alpha value is -2.38. The van der Waals surface area contributed by atoms with Crippen LogP contribution < -0.4 is 4.74 Å². The van der Waals surface area contributed by atoms with Gasteiger partial charge in [-0.05, 0) is 29.8 Å². The lowest BCUT2D eigenvalue weighted by Gasteiger charge is -2.35. The molecule has 1 aromatic heterocycles. The Morgan fingerprint density at radius 3 is 3.08 bits per heavy atom. The van der Waals surface area contributed by atoms with Gasteiger partial charge in [0.15, 0.2) is 0 Å². The van der Waals surface area contributed by atoms with Gasteiger partial charge in [0.05, 0.1) is 32.4 Å². The summed E-state index contributed by atoms with van der Waals surface area (Å²) in [6.45, 7) is 2.37. The van der Waals surface area contributed by atoms with E-state index in [0.717, 1.165) is 17.0 Å². The summed E-state index contributed by atoms with van der Waals surface area (Å²) >= 11 is 0. The third-order valence-electron chi connectivity index (χ3n) is 4.17. The number of morpholine rings is 1. The highest BCUT2D eigenvalue weighted by molar-refractivity contribution is 5.67. The summed E-state index contributed by atoms with van der Waals surface area (Å²) < 4.78 is 12.6. The summed E-state index contributed by atoms with van der Waals surface area (Å²) in [5.74, 6) is -0.0441. The van der Waals surface area contributed by atoms with E-state index in [0.29, 0.717) is 26.3 Å². The molecule has 3 rings (SSSR count). The molecule has 0 spiro atoms. The van der Waals surface area contributed by atoms with Crippen LogP contribution in [0.5, 0.6) is 5.75 Å². The van der Waals surface area contributed by atoms with Crippen molar-refractivity contribution in [3.63, 3.8) is 0 Å². The number of rotatable bonds is 6. The SMILES string of the molecule is COc1ccc(-n2cccn2)c(CN2CCOC[C@H]2CC(=O)O)c1. The molecule has 0 bridgehead atoms. The fourth-order valence-corrected chi connectivity index (χ4v) is 2.96. The Labute approximate surface area is 140 Å². The molecule has 0 aliphatic carbocycles. The molecule has 1 fully saturated rings. The van der Waals surface area contributed by atoms with Crippen LogP contribution in [0.1, 0.15) is 12.0 Å². The standard InChI is InChI=1S/C17H21N3O4/c1-23-15-3-4-16(20-6-2-5-18-20)13(9-15)11-19-7-8-24-12-14(19)10-17(21)22/h2-6,9,14H,7-8,10-12H2,1H3,(H,21,22)/t14-/m1/s1. The molecule has 2 heterocycles. The maximum absolute atomic E-state index is 11.1. The van der Waals surface area contributed by atoms with E-state index in [1.54, 1.807) is 18.0 Å². The van der Waals surface area contributed by atoms with Crippen LogP contribution in [0.4, 0.5) is 0 Å². The quantitative estimate of drug-likeness (QED) is 0.865. The molecule has 0 radical (unpaired) electrons. The van der Waals surface area contributed by atoms with Crippen molar-refractivity contribution in [1.82, 2.24) is 14.7 Å². The van der Waals surface area contributed by atoms with Crippen LogP contribution in [0.15, 0.2) is 36.7 Å².